The summed E-state index contributed by atoms with van der Waals surface area (Å²) in [6.45, 7) is 3.27. The Morgan fingerprint density at radius 2 is 1.93 bits per heavy atom. The molecule has 0 radical (unpaired) electrons. The van der Waals surface area contributed by atoms with E-state index in [-0.39, 0.29) is 11.8 Å². The molecule has 28 heavy (non-hydrogen) atoms. The fraction of sp³-hybridized carbons (Fsp3) is 0.476. The van der Waals surface area contributed by atoms with Crippen molar-refractivity contribution < 1.29 is 14.1 Å². The number of aromatic nitrogens is 1. The maximum absolute atomic E-state index is 12.2. The molecule has 7 heteroatoms. The van der Waals surface area contributed by atoms with Crippen molar-refractivity contribution in [2.45, 2.75) is 57.7 Å². The lowest BCUT2D eigenvalue weighted by Gasteiger charge is -2.21. The van der Waals surface area contributed by atoms with E-state index in [2.05, 4.69) is 20.7 Å². The molecule has 2 aromatic rings. The van der Waals surface area contributed by atoms with Gasteiger partial charge >= 0.3 is 0 Å². The Morgan fingerprint density at radius 1 is 1.18 bits per heavy atom. The van der Waals surface area contributed by atoms with Crippen LogP contribution in [0.3, 0.4) is 0 Å². The van der Waals surface area contributed by atoms with Gasteiger partial charge in [-0.05, 0) is 50.3 Å². The van der Waals surface area contributed by atoms with E-state index >= 15 is 0 Å². The molecule has 0 atom stereocenters. The van der Waals surface area contributed by atoms with E-state index in [1.807, 2.05) is 24.3 Å². The first kappa shape index (κ1) is 18.7. The Morgan fingerprint density at radius 3 is 2.54 bits per heavy atom. The van der Waals surface area contributed by atoms with Gasteiger partial charge in [-0.25, -0.2) is 0 Å². The van der Waals surface area contributed by atoms with E-state index in [1.54, 1.807) is 13.0 Å². The molecule has 2 saturated carbocycles. The van der Waals surface area contributed by atoms with Crippen LogP contribution in [0.5, 0.6) is 0 Å². The predicted molar refractivity (Wildman–Crippen MR) is 105 cm³/mol. The second-order valence-electron chi connectivity index (χ2n) is 7.77. The van der Waals surface area contributed by atoms with Gasteiger partial charge in [-0.1, -0.05) is 17.3 Å². The SMILES string of the molecule is Cc1cc(NC(=O)CCN(Cc2ccc(C(=O)NC3CC3)cc2)C2CC2)no1. The van der Waals surface area contributed by atoms with Gasteiger partial charge in [-0.3, -0.25) is 14.5 Å². The number of aryl methyl sites for hydroxylation is 1. The van der Waals surface area contributed by atoms with E-state index in [0.717, 1.165) is 24.9 Å². The zero-order chi connectivity index (χ0) is 19.5. The van der Waals surface area contributed by atoms with Crippen LogP contribution in [0.4, 0.5) is 5.82 Å². The number of benzene rings is 1. The maximum atomic E-state index is 12.2. The van der Waals surface area contributed by atoms with Crippen molar-refractivity contribution >= 4 is 17.6 Å². The maximum Gasteiger partial charge on any atom is 0.251 e. The first-order valence-corrected chi connectivity index (χ1v) is 9.94. The van der Waals surface area contributed by atoms with E-state index < -0.39 is 0 Å². The molecule has 0 unspecified atom stereocenters. The van der Waals surface area contributed by atoms with Crippen LogP contribution in [0.2, 0.25) is 0 Å². The molecule has 0 bridgehead atoms. The van der Waals surface area contributed by atoms with Gasteiger partial charge in [-0.2, -0.15) is 0 Å². The molecule has 0 aliphatic heterocycles. The molecule has 1 aromatic carbocycles. The number of amides is 2. The number of carbonyl (C=O) groups excluding carboxylic acids is 2. The van der Waals surface area contributed by atoms with Crippen LogP contribution in [0, 0.1) is 6.92 Å². The lowest BCUT2D eigenvalue weighted by molar-refractivity contribution is -0.116. The van der Waals surface area contributed by atoms with Crippen LogP contribution in [0.1, 0.15) is 53.8 Å². The minimum absolute atomic E-state index is 0.00728. The molecule has 1 heterocycles. The normalized spacial score (nSPS) is 16.2. The summed E-state index contributed by atoms with van der Waals surface area (Å²) in [4.78, 5) is 26.6. The Labute approximate surface area is 164 Å². The first-order chi connectivity index (χ1) is 13.6. The summed E-state index contributed by atoms with van der Waals surface area (Å²) in [6, 6.07) is 10.4. The van der Waals surface area contributed by atoms with Crippen LogP contribution < -0.4 is 10.6 Å². The van der Waals surface area contributed by atoms with Crippen molar-refractivity contribution in [1.82, 2.24) is 15.4 Å². The van der Waals surface area contributed by atoms with Gasteiger partial charge in [0.25, 0.3) is 5.91 Å². The number of hydrogen-bond acceptors (Lipinski definition) is 5. The number of nitrogens with zero attached hydrogens (tertiary/aromatic N) is 2. The minimum atomic E-state index is -0.0638. The lowest BCUT2D eigenvalue weighted by Crippen LogP contribution is -2.29. The number of anilines is 1. The molecule has 4 rings (SSSR count). The summed E-state index contributed by atoms with van der Waals surface area (Å²) < 4.78 is 4.97. The number of carbonyl (C=O) groups is 2. The predicted octanol–water partition coefficient (Wildman–Crippen LogP) is 2.87. The number of rotatable bonds is 9. The monoisotopic (exact) mass is 382 g/mol. The molecule has 2 aliphatic carbocycles. The third kappa shape index (κ3) is 5.19. The average molecular weight is 382 g/mol. The third-order valence-electron chi connectivity index (χ3n) is 5.10. The average Bonchev–Trinajstić information content (AvgIpc) is 3.60. The van der Waals surface area contributed by atoms with Crippen molar-refractivity contribution in [2.24, 2.45) is 0 Å². The van der Waals surface area contributed by atoms with Gasteiger partial charge in [-0.15, -0.1) is 0 Å². The molecule has 1 aromatic heterocycles. The fourth-order valence-corrected chi connectivity index (χ4v) is 3.20. The van der Waals surface area contributed by atoms with E-state index in [0.29, 0.717) is 42.2 Å². The van der Waals surface area contributed by atoms with E-state index in [9.17, 15) is 9.59 Å². The Kier molecular flexibility index (Phi) is 5.43. The van der Waals surface area contributed by atoms with Crippen molar-refractivity contribution in [3.63, 3.8) is 0 Å². The van der Waals surface area contributed by atoms with Crippen molar-refractivity contribution in [1.29, 1.82) is 0 Å². The highest BCUT2D eigenvalue weighted by atomic mass is 16.5. The zero-order valence-electron chi connectivity index (χ0n) is 16.1. The number of nitrogens with one attached hydrogen (secondary N) is 2. The smallest absolute Gasteiger partial charge is 0.251 e. The summed E-state index contributed by atoms with van der Waals surface area (Å²) in [6.07, 6.45) is 4.93. The van der Waals surface area contributed by atoms with Gasteiger partial charge in [0.15, 0.2) is 5.82 Å². The van der Waals surface area contributed by atoms with Crippen LogP contribution in [-0.4, -0.2) is 40.5 Å². The van der Waals surface area contributed by atoms with Crippen molar-refractivity contribution in [3.05, 3.63) is 47.2 Å². The van der Waals surface area contributed by atoms with Crippen LogP contribution in [-0.2, 0) is 11.3 Å². The molecule has 2 fully saturated rings. The number of hydrogen-bond donors (Lipinski definition) is 2. The second kappa shape index (κ2) is 8.14. The van der Waals surface area contributed by atoms with Gasteiger partial charge in [0.2, 0.25) is 5.91 Å². The zero-order valence-corrected chi connectivity index (χ0v) is 16.1. The molecule has 148 valence electrons. The summed E-state index contributed by atoms with van der Waals surface area (Å²) in [5, 5.41) is 9.56. The lowest BCUT2D eigenvalue weighted by atomic mass is 10.1. The third-order valence-corrected chi connectivity index (χ3v) is 5.10. The quantitative estimate of drug-likeness (QED) is 0.696. The molecule has 7 nitrogen and oxygen atoms in total. The second-order valence-corrected chi connectivity index (χ2v) is 7.77. The molecule has 2 N–H and O–H groups in total. The standard InChI is InChI=1S/C21H26N4O3/c1-14-12-19(24-28-14)23-20(26)10-11-25(18-8-9-18)13-15-2-4-16(5-3-15)21(27)22-17-6-7-17/h2-5,12,17-18H,6-11,13H2,1H3,(H,22,27)(H,23,24,26). The highest BCUT2D eigenvalue weighted by Gasteiger charge is 2.29. The molecule has 2 amide bonds. The van der Waals surface area contributed by atoms with Crippen LogP contribution >= 0.6 is 0 Å². The molecular formula is C21H26N4O3. The molecule has 2 aliphatic rings. The highest BCUT2D eigenvalue weighted by Crippen LogP contribution is 2.28. The Balaban J connectivity index is 1.28. The highest BCUT2D eigenvalue weighted by molar-refractivity contribution is 5.94. The van der Waals surface area contributed by atoms with Crippen molar-refractivity contribution in [2.75, 3.05) is 11.9 Å². The first-order valence-electron chi connectivity index (χ1n) is 9.94. The fourth-order valence-electron chi connectivity index (χ4n) is 3.20. The molecular weight excluding hydrogens is 356 g/mol. The van der Waals surface area contributed by atoms with Crippen LogP contribution in [0.25, 0.3) is 0 Å². The Hall–Kier alpha value is -2.67. The molecule has 0 saturated heterocycles. The summed E-state index contributed by atoms with van der Waals surface area (Å²) in [5.41, 5.74) is 1.86. The largest absolute Gasteiger partial charge is 0.360 e. The van der Waals surface area contributed by atoms with Gasteiger partial charge in [0.1, 0.15) is 5.76 Å². The van der Waals surface area contributed by atoms with Gasteiger partial charge in [0.05, 0.1) is 0 Å². The van der Waals surface area contributed by atoms with E-state index in [4.69, 9.17) is 4.52 Å². The summed E-state index contributed by atoms with van der Waals surface area (Å²) >= 11 is 0. The van der Waals surface area contributed by atoms with Gasteiger partial charge in [0, 0.05) is 43.2 Å². The minimum Gasteiger partial charge on any atom is -0.360 e. The Bertz CT molecular complexity index is 838. The van der Waals surface area contributed by atoms with Crippen molar-refractivity contribution in [3.8, 4) is 0 Å². The topological polar surface area (TPSA) is 87.5 Å². The van der Waals surface area contributed by atoms with Crippen LogP contribution in [0.15, 0.2) is 34.9 Å². The molecule has 0 spiro atoms. The van der Waals surface area contributed by atoms with E-state index in [1.165, 1.54) is 12.8 Å². The summed E-state index contributed by atoms with van der Waals surface area (Å²) in [5.74, 6) is 1.07. The van der Waals surface area contributed by atoms with Gasteiger partial charge < -0.3 is 15.2 Å². The summed E-state index contributed by atoms with van der Waals surface area (Å²) in [7, 11) is 0.